The molecule has 5 aromatic rings. The number of aromatic nitrogens is 3. The molecule has 242 valence electrons. The summed E-state index contributed by atoms with van der Waals surface area (Å²) in [7, 11) is 1.59. The number of rotatable bonds is 13. The van der Waals surface area contributed by atoms with Crippen molar-refractivity contribution in [2.75, 3.05) is 20.2 Å². The minimum atomic E-state index is -0.917. The van der Waals surface area contributed by atoms with Crippen LogP contribution in [0.3, 0.4) is 0 Å². The first-order valence-electron chi connectivity index (χ1n) is 15.1. The van der Waals surface area contributed by atoms with E-state index in [9.17, 15) is 9.59 Å². The van der Waals surface area contributed by atoms with Gasteiger partial charge in [0.1, 0.15) is 10.5 Å². The number of aliphatic carboxylic acids is 1. The molecule has 0 unspecified atom stereocenters. The Bertz CT molecular complexity index is 1950. The summed E-state index contributed by atoms with van der Waals surface area (Å²) in [5.74, 6) is -0.326. The third-order valence-corrected chi connectivity index (χ3v) is 9.78. The van der Waals surface area contributed by atoms with Crippen LogP contribution in [-0.2, 0) is 29.1 Å². The topological polar surface area (TPSA) is 138 Å². The molecule has 1 saturated heterocycles. The summed E-state index contributed by atoms with van der Waals surface area (Å²) in [6.07, 6.45) is 3.60. The lowest BCUT2D eigenvalue weighted by Crippen LogP contribution is -2.35. The van der Waals surface area contributed by atoms with Gasteiger partial charge < -0.3 is 25.8 Å². The van der Waals surface area contributed by atoms with Crippen molar-refractivity contribution in [1.82, 2.24) is 30.9 Å². The van der Waals surface area contributed by atoms with E-state index < -0.39 is 5.97 Å². The maximum absolute atomic E-state index is 11.5. The van der Waals surface area contributed by atoms with Crippen LogP contribution in [0.25, 0.3) is 32.6 Å². The summed E-state index contributed by atoms with van der Waals surface area (Å²) >= 11 is 15.6. The van der Waals surface area contributed by atoms with Gasteiger partial charge >= 0.3 is 5.97 Å². The Morgan fingerprint density at radius 3 is 2.55 bits per heavy atom. The smallest absolute Gasteiger partial charge is 0.317 e. The number of carboxylic acid groups (broad SMARTS) is 1. The lowest BCUT2D eigenvalue weighted by molar-refractivity contribution is -0.136. The molecule has 1 aliphatic heterocycles. The molecule has 10 nitrogen and oxygen atoms in total. The predicted molar refractivity (Wildman–Crippen MR) is 184 cm³/mol. The van der Waals surface area contributed by atoms with Crippen LogP contribution < -0.4 is 20.7 Å². The number of carbonyl (C=O) groups excluding carboxylic acids is 1. The molecule has 6 rings (SSSR count). The minimum Gasteiger partial charge on any atom is -0.481 e. The number of halogens is 2. The average molecular weight is 692 g/mol. The highest BCUT2D eigenvalue weighted by Crippen LogP contribution is 2.41. The van der Waals surface area contributed by atoms with Crippen molar-refractivity contribution >= 4 is 56.6 Å². The Morgan fingerprint density at radius 1 is 1.00 bits per heavy atom. The van der Waals surface area contributed by atoms with Crippen LogP contribution in [0.5, 0.6) is 5.88 Å². The van der Waals surface area contributed by atoms with Crippen LogP contribution in [0.1, 0.15) is 34.7 Å². The normalized spacial score (nSPS) is 14.4. The van der Waals surface area contributed by atoms with E-state index in [1.807, 2.05) is 54.6 Å². The van der Waals surface area contributed by atoms with Gasteiger partial charge in [-0.3, -0.25) is 14.6 Å². The van der Waals surface area contributed by atoms with E-state index in [1.165, 1.54) is 11.3 Å². The van der Waals surface area contributed by atoms with Crippen molar-refractivity contribution in [1.29, 1.82) is 0 Å². The van der Waals surface area contributed by atoms with E-state index in [0.717, 1.165) is 55.2 Å². The number of nitrogens with zero attached hydrogens (tertiary/aromatic N) is 3. The van der Waals surface area contributed by atoms with Crippen molar-refractivity contribution in [3.05, 3.63) is 92.7 Å². The molecule has 1 atom stereocenters. The summed E-state index contributed by atoms with van der Waals surface area (Å²) in [6, 6.07) is 17.6. The zero-order valence-corrected chi connectivity index (χ0v) is 27.8. The molecule has 1 aliphatic rings. The fourth-order valence-electron chi connectivity index (χ4n) is 5.62. The van der Waals surface area contributed by atoms with Crippen LogP contribution in [0.15, 0.2) is 60.8 Å². The second-order valence-electron chi connectivity index (χ2n) is 11.1. The molecular formula is C34H32Cl2N6O4S. The van der Waals surface area contributed by atoms with Crippen molar-refractivity contribution in [3.8, 4) is 28.3 Å². The predicted octanol–water partition coefficient (Wildman–Crippen LogP) is 5.87. The van der Waals surface area contributed by atoms with Crippen LogP contribution in [-0.4, -0.2) is 58.2 Å². The van der Waals surface area contributed by atoms with Gasteiger partial charge in [-0.1, -0.05) is 65.7 Å². The molecule has 0 bridgehead atoms. The minimum absolute atomic E-state index is 0.0946. The molecule has 13 heteroatoms. The number of carbonyl (C=O) groups is 2. The molecule has 0 spiro atoms. The van der Waals surface area contributed by atoms with Crippen LogP contribution in [0.2, 0.25) is 10.0 Å². The largest absolute Gasteiger partial charge is 0.481 e. The lowest BCUT2D eigenvalue weighted by Gasteiger charge is -2.15. The third-order valence-electron chi connectivity index (χ3n) is 7.90. The van der Waals surface area contributed by atoms with Gasteiger partial charge in [-0.05, 0) is 24.1 Å². The van der Waals surface area contributed by atoms with Crippen molar-refractivity contribution in [2.24, 2.45) is 0 Å². The quantitative estimate of drug-likeness (QED) is 0.120. The number of methoxy groups -OCH3 is 1. The first kappa shape index (κ1) is 32.8. The van der Waals surface area contributed by atoms with Crippen LogP contribution >= 0.6 is 34.5 Å². The highest BCUT2D eigenvalue weighted by Gasteiger charge is 2.21. The molecule has 2 aromatic carbocycles. The lowest BCUT2D eigenvalue weighted by atomic mass is 9.97. The van der Waals surface area contributed by atoms with Gasteiger partial charge in [-0.2, -0.15) is 0 Å². The number of thiazole rings is 1. The highest BCUT2D eigenvalue weighted by atomic mass is 35.5. The molecule has 3 aromatic heterocycles. The summed E-state index contributed by atoms with van der Waals surface area (Å²) in [4.78, 5) is 36.5. The highest BCUT2D eigenvalue weighted by molar-refractivity contribution is 7.18. The first-order chi connectivity index (χ1) is 22.8. The molecule has 4 N–H and O–H groups in total. The van der Waals surface area contributed by atoms with E-state index in [0.29, 0.717) is 54.1 Å². The number of amides is 1. The van der Waals surface area contributed by atoms with Gasteiger partial charge in [0, 0.05) is 67.0 Å². The van der Waals surface area contributed by atoms with E-state index in [4.69, 9.17) is 43.0 Å². The molecule has 47 heavy (non-hydrogen) atoms. The number of fused-ring (bicyclic) bond motifs is 1. The number of nitrogens with one attached hydrogen (secondary N) is 3. The Balaban J connectivity index is 1.23. The number of hydrogen-bond acceptors (Lipinski definition) is 9. The molecule has 0 aliphatic carbocycles. The molecule has 1 fully saturated rings. The van der Waals surface area contributed by atoms with Gasteiger partial charge in [0.25, 0.3) is 0 Å². The number of benzene rings is 2. The van der Waals surface area contributed by atoms with Gasteiger partial charge in [0.2, 0.25) is 11.8 Å². The Hall–Kier alpha value is -4.13. The summed E-state index contributed by atoms with van der Waals surface area (Å²) in [5.41, 5.74) is 6.29. The molecule has 0 saturated carbocycles. The molecule has 0 radical (unpaired) electrons. The zero-order chi connectivity index (χ0) is 32.9. The summed E-state index contributed by atoms with van der Waals surface area (Å²) < 4.78 is 6.60. The second-order valence-corrected chi connectivity index (χ2v) is 13.0. The number of ether oxygens (including phenoxy) is 1. The first-order valence-corrected chi connectivity index (χ1v) is 16.6. The molecular weight excluding hydrogens is 659 g/mol. The van der Waals surface area contributed by atoms with Gasteiger partial charge in [0.05, 0.1) is 39.8 Å². The van der Waals surface area contributed by atoms with Gasteiger partial charge in [-0.15, -0.1) is 11.3 Å². The molecule has 1 amide bonds. The Morgan fingerprint density at radius 2 is 1.79 bits per heavy atom. The average Bonchev–Trinajstić information content (AvgIpc) is 3.68. The third kappa shape index (κ3) is 7.55. The number of hydrogen-bond donors (Lipinski definition) is 4. The number of carboxylic acids is 1. The molecule has 4 heterocycles. The summed E-state index contributed by atoms with van der Waals surface area (Å²) in [6.45, 7) is 1.44. The van der Waals surface area contributed by atoms with Gasteiger partial charge in [0.15, 0.2) is 0 Å². The maximum atomic E-state index is 11.5. The maximum Gasteiger partial charge on any atom is 0.317 e. The van der Waals surface area contributed by atoms with Crippen LogP contribution in [0.4, 0.5) is 0 Å². The monoisotopic (exact) mass is 690 g/mol. The van der Waals surface area contributed by atoms with E-state index >= 15 is 0 Å². The van der Waals surface area contributed by atoms with Crippen molar-refractivity contribution in [3.63, 3.8) is 0 Å². The van der Waals surface area contributed by atoms with Gasteiger partial charge in [-0.25, -0.2) is 9.97 Å². The van der Waals surface area contributed by atoms with Crippen molar-refractivity contribution in [2.45, 2.75) is 38.4 Å². The fraction of sp³-hybridized carbons (Fsp3) is 0.265. The Labute approximate surface area is 285 Å². The Kier molecular flexibility index (Phi) is 10.3. The zero-order valence-electron chi connectivity index (χ0n) is 25.5. The standard InChI is InChI=1S/C34H32Cl2N6O4S/c1-46-34-20(15-37-16-21-9-11-28(43)40-21)8-10-25(41-34)24-7-3-6-23(32(24)36)22-5-2-4-19(31(22)35)14-26-33-27(12-13-39-26)47-29(42-33)17-38-18-30(44)45/h2-8,10,12-13,21,37-38H,9,11,14-18H2,1H3,(H,40,43)(H,44,45)/t21-/m0/s1. The van der Waals surface area contributed by atoms with E-state index in [2.05, 4.69) is 20.9 Å². The number of pyridine rings is 2. The summed E-state index contributed by atoms with van der Waals surface area (Å²) in [5, 5.41) is 20.0. The van der Waals surface area contributed by atoms with E-state index in [-0.39, 0.29) is 18.5 Å². The van der Waals surface area contributed by atoms with E-state index in [1.54, 1.807) is 13.3 Å². The van der Waals surface area contributed by atoms with Crippen LogP contribution in [0, 0.1) is 0 Å². The second kappa shape index (κ2) is 14.7. The van der Waals surface area contributed by atoms with Crippen molar-refractivity contribution < 1.29 is 19.4 Å². The SMILES string of the molecule is COc1nc(-c2cccc(-c3cccc(Cc4nccc5sc(CNCC(=O)O)nc45)c3Cl)c2Cl)ccc1CNC[C@@H]1CCC(=O)N1. The fourth-order valence-corrected chi connectivity index (χ4v) is 7.19.